The minimum absolute atomic E-state index is 0.100. The second-order valence-corrected chi connectivity index (χ2v) is 19.3. The monoisotopic (exact) mass is 872 g/mol. The summed E-state index contributed by atoms with van der Waals surface area (Å²) in [6.45, 7) is 20.5. The number of fused-ring (bicyclic) bond motifs is 2. The summed E-state index contributed by atoms with van der Waals surface area (Å²) in [4.78, 5) is 30.0. The minimum Gasteiger partial charge on any atom is -0.462 e. The molecule has 2 aliphatic heterocycles. The van der Waals surface area contributed by atoms with Gasteiger partial charge in [-0.3, -0.25) is 4.79 Å². The van der Waals surface area contributed by atoms with E-state index in [-0.39, 0.29) is 17.3 Å². The van der Waals surface area contributed by atoms with E-state index >= 15 is 0 Å². The Morgan fingerprint density at radius 3 is 1.53 bits per heavy atom. The number of rotatable bonds is 22. The molecule has 2 heterocycles. The molecular formula is C52H78BrN3O3. The fourth-order valence-corrected chi connectivity index (χ4v) is 8.98. The van der Waals surface area contributed by atoms with Gasteiger partial charge in [0.1, 0.15) is 0 Å². The molecule has 0 saturated heterocycles. The van der Waals surface area contributed by atoms with Gasteiger partial charge in [-0.1, -0.05) is 159 Å². The van der Waals surface area contributed by atoms with E-state index in [1.54, 1.807) is 31.2 Å². The first kappa shape index (κ1) is 48.3. The second kappa shape index (κ2) is 24.8. The summed E-state index contributed by atoms with van der Waals surface area (Å²) < 4.78 is 6.23. The van der Waals surface area contributed by atoms with Crippen LogP contribution < -0.4 is 15.1 Å². The lowest BCUT2D eigenvalue weighted by Gasteiger charge is -2.40. The first-order valence-corrected chi connectivity index (χ1v) is 24.2. The van der Waals surface area contributed by atoms with Crippen molar-refractivity contribution < 1.29 is 14.3 Å². The molecule has 326 valence electrons. The number of anilines is 3. The van der Waals surface area contributed by atoms with Crippen LogP contribution in [0.25, 0.3) is 0 Å². The van der Waals surface area contributed by atoms with Gasteiger partial charge in [0, 0.05) is 53.3 Å². The summed E-state index contributed by atoms with van der Waals surface area (Å²) >= 11 is 3.65. The van der Waals surface area contributed by atoms with Gasteiger partial charge in [-0.15, -0.1) is 0 Å². The molecule has 0 radical (unpaired) electrons. The summed E-state index contributed by atoms with van der Waals surface area (Å²) in [5.74, 6) is -0.499. The van der Waals surface area contributed by atoms with Gasteiger partial charge in [-0.25, -0.2) is 4.79 Å². The molecule has 3 aromatic carbocycles. The van der Waals surface area contributed by atoms with Gasteiger partial charge in [0.15, 0.2) is 0 Å². The van der Waals surface area contributed by atoms with Gasteiger partial charge >= 0.3 is 5.97 Å². The lowest BCUT2D eigenvalue weighted by molar-refractivity contribution is 0.0526. The van der Waals surface area contributed by atoms with Crippen molar-refractivity contribution in [2.24, 2.45) is 0 Å². The fourth-order valence-electron chi connectivity index (χ4n) is 8.63. The topological polar surface area (TPSA) is 61.9 Å². The molecule has 59 heavy (non-hydrogen) atoms. The van der Waals surface area contributed by atoms with Crippen LogP contribution in [0.2, 0.25) is 0 Å². The van der Waals surface area contributed by atoms with E-state index in [2.05, 4.69) is 103 Å². The highest BCUT2D eigenvalue weighted by atomic mass is 79.9. The Labute approximate surface area is 367 Å². The Bertz CT molecular complexity index is 1720. The van der Waals surface area contributed by atoms with Crippen LogP contribution >= 0.6 is 15.9 Å². The molecule has 1 N–H and O–H groups in total. The summed E-state index contributed by atoms with van der Waals surface area (Å²) in [7, 11) is 0. The Kier molecular flexibility index (Phi) is 20.3. The third-order valence-electron chi connectivity index (χ3n) is 12.6. The van der Waals surface area contributed by atoms with Crippen molar-refractivity contribution in [3.05, 3.63) is 87.4 Å². The SMILES string of the molecule is CCCCCCCCCCN1CCC(C)(C)c2ccc(Br)cc21.CCCCCCCCCCN1CCC(C)(C)c2ccc(C(=O)Nc3ccc(C(=O)OCC)cc3)cc21. The maximum Gasteiger partial charge on any atom is 0.338 e. The van der Waals surface area contributed by atoms with E-state index < -0.39 is 0 Å². The fraction of sp³-hybridized carbons (Fsp3) is 0.615. The van der Waals surface area contributed by atoms with Crippen molar-refractivity contribution >= 4 is 44.9 Å². The number of halogens is 1. The van der Waals surface area contributed by atoms with Gasteiger partial charge in [0.25, 0.3) is 5.91 Å². The van der Waals surface area contributed by atoms with Crippen LogP contribution in [-0.4, -0.2) is 44.7 Å². The minimum atomic E-state index is -0.357. The molecule has 0 bridgehead atoms. The van der Waals surface area contributed by atoms with Gasteiger partial charge in [-0.05, 0) is 103 Å². The van der Waals surface area contributed by atoms with Crippen molar-refractivity contribution in [1.29, 1.82) is 0 Å². The summed E-state index contributed by atoms with van der Waals surface area (Å²) in [5, 5.41) is 2.97. The number of hydrogen-bond donors (Lipinski definition) is 1. The number of unbranched alkanes of at least 4 members (excludes halogenated alkanes) is 14. The number of carbonyl (C=O) groups is 2. The van der Waals surface area contributed by atoms with Crippen LogP contribution in [0.4, 0.5) is 17.1 Å². The number of nitrogens with one attached hydrogen (secondary N) is 1. The summed E-state index contributed by atoms with van der Waals surface area (Å²) in [6, 6.07) is 19.8. The highest BCUT2D eigenvalue weighted by Crippen LogP contribution is 2.42. The Balaban J connectivity index is 0.000000288. The molecular weight excluding hydrogens is 794 g/mol. The number of esters is 1. The van der Waals surface area contributed by atoms with Crippen molar-refractivity contribution in [2.75, 3.05) is 47.9 Å². The van der Waals surface area contributed by atoms with Gasteiger partial charge in [-0.2, -0.15) is 0 Å². The van der Waals surface area contributed by atoms with E-state index in [1.807, 2.05) is 6.07 Å². The molecule has 1 amide bonds. The molecule has 0 saturated carbocycles. The van der Waals surface area contributed by atoms with Crippen LogP contribution in [0.15, 0.2) is 65.1 Å². The predicted molar refractivity (Wildman–Crippen MR) is 256 cm³/mol. The van der Waals surface area contributed by atoms with Crippen molar-refractivity contribution in [2.45, 2.75) is 175 Å². The molecule has 0 aromatic heterocycles. The lowest BCUT2D eigenvalue weighted by Crippen LogP contribution is -2.38. The van der Waals surface area contributed by atoms with Crippen LogP contribution in [0.5, 0.6) is 0 Å². The molecule has 7 heteroatoms. The molecule has 0 fully saturated rings. The molecule has 0 atom stereocenters. The van der Waals surface area contributed by atoms with Crippen molar-refractivity contribution in [1.82, 2.24) is 0 Å². The van der Waals surface area contributed by atoms with E-state index in [9.17, 15) is 9.59 Å². The zero-order valence-corrected chi connectivity index (χ0v) is 39.6. The number of nitrogens with zero attached hydrogens (tertiary/aromatic N) is 2. The second-order valence-electron chi connectivity index (χ2n) is 18.3. The first-order valence-electron chi connectivity index (χ1n) is 23.4. The molecule has 6 nitrogen and oxygen atoms in total. The molecule has 2 aliphatic rings. The quantitative estimate of drug-likeness (QED) is 0.0805. The summed E-state index contributed by atoms with van der Waals surface area (Å²) in [5.41, 5.74) is 7.69. The van der Waals surface area contributed by atoms with Gasteiger partial charge in [0.2, 0.25) is 0 Å². The van der Waals surface area contributed by atoms with Crippen molar-refractivity contribution in [3.8, 4) is 0 Å². The number of amides is 1. The van der Waals surface area contributed by atoms with Crippen LogP contribution in [-0.2, 0) is 15.6 Å². The maximum absolute atomic E-state index is 13.1. The molecule has 0 unspecified atom stereocenters. The van der Waals surface area contributed by atoms with E-state index in [0.717, 1.165) is 19.5 Å². The summed E-state index contributed by atoms with van der Waals surface area (Å²) in [6.07, 6.45) is 24.1. The Morgan fingerprint density at radius 1 is 0.593 bits per heavy atom. The Morgan fingerprint density at radius 2 is 1.03 bits per heavy atom. The molecule has 0 spiro atoms. The molecule has 3 aromatic rings. The number of hydrogen-bond acceptors (Lipinski definition) is 5. The number of carbonyl (C=O) groups excluding carboxylic acids is 2. The highest BCUT2D eigenvalue weighted by Gasteiger charge is 2.32. The van der Waals surface area contributed by atoms with Gasteiger partial charge in [0.05, 0.1) is 12.2 Å². The number of benzene rings is 3. The average Bonchev–Trinajstić information content (AvgIpc) is 3.21. The van der Waals surface area contributed by atoms with E-state index in [4.69, 9.17) is 4.74 Å². The van der Waals surface area contributed by atoms with Crippen LogP contribution in [0.1, 0.15) is 196 Å². The Hall–Kier alpha value is -3.32. The van der Waals surface area contributed by atoms with E-state index in [0.29, 0.717) is 28.8 Å². The predicted octanol–water partition coefficient (Wildman–Crippen LogP) is 14.8. The highest BCUT2D eigenvalue weighted by molar-refractivity contribution is 9.10. The zero-order valence-electron chi connectivity index (χ0n) is 38.0. The average molecular weight is 873 g/mol. The maximum atomic E-state index is 13.1. The standard InChI is InChI=1S/C31H44N2O3.C21H34BrN/c1-5-7-8-9-10-11-12-13-21-33-22-20-31(3,4)27-19-16-25(23-28(27)33)29(34)32-26-17-14-24(15-18-26)30(35)36-6-2;1-4-5-6-7-8-9-10-11-15-23-16-14-21(2,3)19-13-12-18(22)17-20(19)23/h14-19,23H,5-13,20-22H2,1-4H3,(H,32,34);12-13,17H,4-11,14-16H2,1-3H3. The van der Waals surface area contributed by atoms with Gasteiger partial charge < -0.3 is 19.9 Å². The van der Waals surface area contributed by atoms with Crippen LogP contribution in [0, 0.1) is 0 Å². The molecule has 5 rings (SSSR count). The smallest absolute Gasteiger partial charge is 0.338 e. The van der Waals surface area contributed by atoms with E-state index in [1.165, 1.54) is 149 Å². The largest absolute Gasteiger partial charge is 0.462 e. The number of ether oxygens (including phenoxy) is 1. The lowest BCUT2D eigenvalue weighted by atomic mass is 9.77. The zero-order chi connectivity index (χ0) is 42.7. The first-order chi connectivity index (χ1) is 28.4. The van der Waals surface area contributed by atoms with Crippen LogP contribution in [0.3, 0.4) is 0 Å². The third-order valence-corrected chi connectivity index (χ3v) is 13.1. The normalized spacial score (nSPS) is 15.1. The van der Waals surface area contributed by atoms with Crippen molar-refractivity contribution in [3.63, 3.8) is 0 Å². The molecule has 0 aliphatic carbocycles. The third kappa shape index (κ3) is 15.3.